The molecule has 1 aromatic heterocycles. The van der Waals surface area contributed by atoms with Crippen molar-refractivity contribution in [1.82, 2.24) is 9.88 Å². The third kappa shape index (κ3) is 3.86. The number of nitrogens with zero attached hydrogens (tertiary/aromatic N) is 2. The van der Waals surface area contributed by atoms with Crippen molar-refractivity contribution in [2.24, 2.45) is 0 Å². The highest BCUT2D eigenvalue weighted by Crippen LogP contribution is 2.30. The molecule has 2 aromatic rings. The summed E-state index contributed by atoms with van der Waals surface area (Å²) >= 11 is 1.31. The Morgan fingerprint density at radius 1 is 1.38 bits per heavy atom. The summed E-state index contributed by atoms with van der Waals surface area (Å²) in [6.45, 7) is 4.95. The molecule has 26 heavy (non-hydrogen) atoms. The van der Waals surface area contributed by atoms with Gasteiger partial charge in [0, 0.05) is 12.1 Å². The Morgan fingerprint density at radius 2 is 2.12 bits per heavy atom. The maximum absolute atomic E-state index is 12.8. The smallest absolute Gasteiger partial charge is 0.334 e. The summed E-state index contributed by atoms with van der Waals surface area (Å²) in [5, 5.41) is 9.84. The summed E-state index contributed by atoms with van der Waals surface area (Å²) in [7, 11) is 0. The number of carbonyl (C=O) groups excluding carboxylic acids is 1. The van der Waals surface area contributed by atoms with Gasteiger partial charge in [-0.3, -0.25) is 4.79 Å². The fraction of sp³-hybridized carbons (Fsp3) is 0.389. The van der Waals surface area contributed by atoms with Crippen molar-refractivity contribution < 1.29 is 24.2 Å². The number of carbonyl (C=O) groups is 2. The Hall–Kier alpha value is -2.45. The lowest BCUT2D eigenvalue weighted by Gasteiger charge is -2.30. The molecule has 1 fully saturated rings. The van der Waals surface area contributed by atoms with Gasteiger partial charge in [0.25, 0.3) is 5.91 Å². The molecule has 0 radical (unpaired) electrons. The first-order chi connectivity index (χ1) is 12.5. The van der Waals surface area contributed by atoms with Gasteiger partial charge < -0.3 is 19.5 Å². The molecule has 1 N–H and O–H groups in total. The molecule has 0 saturated carbocycles. The number of morpholine rings is 1. The number of thiazole rings is 1. The van der Waals surface area contributed by atoms with Gasteiger partial charge in [0.1, 0.15) is 15.6 Å². The number of carboxylic acids is 1. The zero-order valence-electron chi connectivity index (χ0n) is 14.6. The van der Waals surface area contributed by atoms with Gasteiger partial charge in [-0.1, -0.05) is 0 Å². The van der Waals surface area contributed by atoms with Crippen LogP contribution in [-0.4, -0.2) is 59.3 Å². The fourth-order valence-electron chi connectivity index (χ4n) is 2.71. The van der Waals surface area contributed by atoms with Crippen molar-refractivity contribution >= 4 is 23.2 Å². The molecule has 8 heteroatoms. The van der Waals surface area contributed by atoms with E-state index in [4.69, 9.17) is 14.6 Å². The van der Waals surface area contributed by atoms with Gasteiger partial charge in [-0.05, 0) is 38.1 Å². The Balaban J connectivity index is 1.79. The summed E-state index contributed by atoms with van der Waals surface area (Å²) in [4.78, 5) is 30.5. The van der Waals surface area contributed by atoms with E-state index in [0.717, 1.165) is 16.3 Å². The number of amides is 1. The predicted octanol–water partition coefficient (Wildman–Crippen LogP) is 2.44. The topological polar surface area (TPSA) is 89.0 Å². The maximum Gasteiger partial charge on any atom is 0.334 e. The number of benzene rings is 1. The van der Waals surface area contributed by atoms with E-state index in [-0.39, 0.29) is 19.1 Å². The molecule has 1 amide bonds. The van der Waals surface area contributed by atoms with Crippen LogP contribution in [0.4, 0.5) is 0 Å². The standard InChI is InChI=1S/C18H20N2O5S/c1-3-24-13-6-4-12(5-7-13)16-19-11(2)15(26-16)17(21)20-8-9-25-14(10-20)18(22)23/h4-7,14H,3,8-10H2,1-2H3,(H,22,23)/t14-/m0/s1. The summed E-state index contributed by atoms with van der Waals surface area (Å²) in [6.07, 6.45) is -0.980. The second-order valence-electron chi connectivity index (χ2n) is 5.84. The van der Waals surface area contributed by atoms with Gasteiger partial charge in [-0.2, -0.15) is 0 Å². The molecule has 7 nitrogen and oxygen atoms in total. The van der Waals surface area contributed by atoms with E-state index in [2.05, 4.69) is 4.98 Å². The maximum atomic E-state index is 12.8. The molecule has 0 bridgehead atoms. The van der Waals surface area contributed by atoms with Crippen LogP contribution in [0, 0.1) is 6.92 Å². The average Bonchev–Trinajstić information content (AvgIpc) is 3.04. The number of carboxylic acid groups (broad SMARTS) is 1. The van der Waals surface area contributed by atoms with E-state index >= 15 is 0 Å². The quantitative estimate of drug-likeness (QED) is 0.862. The van der Waals surface area contributed by atoms with Crippen molar-refractivity contribution in [1.29, 1.82) is 0 Å². The van der Waals surface area contributed by atoms with Gasteiger partial charge in [0.2, 0.25) is 0 Å². The second-order valence-corrected chi connectivity index (χ2v) is 6.84. The van der Waals surface area contributed by atoms with Crippen LogP contribution in [0.25, 0.3) is 10.6 Å². The van der Waals surface area contributed by atoms with Crippen LogP contribution in [0.3, 0.4) is 0 Å². The van der Waals surface area contributed by atoms with Crippen LogP contribution >= 0.6 is 11.3 Å². The van der Waals surface area contributed by atoms with Crippen molar-refractivity contribution in [3.05, 3.63) is 34.8 Å². The van der Waals surface area contributed by atoms with Crippen molar-refractivity contribution in [2.75, 3.05) is 26.3 Å². The van der Waals surface area contributed by atoms with E-state index in [1.807, 2.05) is 31.2 Å². The van der Waals surface area contributed by atoms with Gasteiger partial charge in [0.15, 0.2) is 6.10 Å². The molecule has 1 atom stereocenters. The van der Waals surface area contributed by atoms with Crippen LogP contribution in [0.1, 0.15) is 22.3 Å². The molecule has 1 aliphatic rings. The zero-order valence-corrected chi connectivity index (χ0v) is 15.4. The third-order valence-electron chi connectivity index (χ3n) is 4.03. The molecule has 1 aromatic carbocycles. The van der Waals surface area contributed by atoms with E-state index in [9.17, 15) is 9.59 Å². The SMILES string of the molecule is CCOc1ccc(-c2nc(C)c(C(=O)N3CCO[C@H](C(=O)O)C3)s2)cc1. The lowest BCUT2D eigenvalue weighted by atomic mass is 10.2. The number of aromatic nitrogens is 1. The van der Waals surface area contributed by atoms with E-state index in [0.29, 0.717) is 23.7 Å². The molecule has 0 unspecified atom stereocenters. The molecule has 2 heterocycles. The predicted molar refractivity (Wildman–Crippen MR) is 96.7 cm³/mol. The molecule has 1 aliphatic heterocycles. The summed E-state index contributed by atoms with van der Waals surface area (Å²) < 4.78 is 10.6. The number of hydrogen-bond acceptors (Lipinski definition) is 6. The van der Waals surface area contributed by atoms with Crippen molar-refractivity contribution in [3.8, 4) is 16.3 Å². The summed E-state index contributed by atoms with van der Waals surface area (Å²) in [6, 6.07) is 7.56. The summed E-state index contributed by atoms with van der Waals surface area (Å²) in [5.41, 5.74) is 1.55. The second kappa shape index (κ2) is 7.84. The molecule has 3 rings (SSSR count). The zero-order chi connectivity index (χ0) is 18.7. The Labute approximate surface area is 155 Å². The molecular weight excluding hydrogens is 356 g/mol. The third-order valence-corrected chi connectivity index (χ3v) is 5.23. The van der Waals surface area contributed by atoms with Crippen molar-refractivity contribution in [2.45, 2.75) is 20.0 Å². The Bertz CT molecular complexity index is 802. The minimum Gasteiger partial charge on any atom is -0.494 e. The number of hydrogen-bond donors (Lipinski definition) is 1. The molecular formula is C18H20N2O5S. The minimum absolute atomic E-state index is 0.0455. The van der Waals surface area contributed by atoms with Crippen molar-refractivity contribution in [3.63, 3.8) is 0 Å². The molecule has 0 spiro atoms. The molecule has 138 valence electrons. The highest BCUT2D eigenvalue weighted by atomic mass is 32.1. The van der Waals surface area contributed by atoms with Gasteiger partial charge in [0.05, 0.1) is 25.5 Å². The lowest BCUT2D eigenvalue weighted by Crippen LogP contribution is -2.48. The van der Waals surface area contributed by atoms with Crippen LogP contribution < -0.4 is 4.74 Å². The van der Waals surface area contributed by atoms with Crippen LogP contribution in [0.15, 0.2) is 24.3 Å². The average molecular weight is 376 g/mol. The number of aryl methyl sites for hydroxylation is 1. The van der Waals surface area contributed by atoms with Gasteiger partial charge >= 0.3 is 5.97 Å². The minimum atomic E-state index is -1.06. The first kappa shape index (κ1) is 18.3. The normalized spacial score (nSPS) is 17.2. The van der Waals surface area contributed by atoms with Gasteiger partial charge in [-0.25, -0.2) is 9.78 Å². The van der Waals surface area contributed by atoms with E-state index in [1.165, 1.54) is 16.2 Å². The lowest BCUT2D eigenvalue weighted by molar-refractivity contribution is -0.154. The van der Waals surface area contributed by atoms with Gasteiger partial charge in [-0.15, -0.1) is 11.3 Å². The van der Waals surface area contributed by atoms with Crippen LogP contribution in [0.5, 0.6) is 5.75 Å². The van der Waals surface area contributed by atoms with E-state index in [1.54, 1.807) is 6.92 Å². The largest absolute Gasteiger partial charge is 0.494 e. The highest BCUT2D eigenvalue weighted by molar-refractivity contribution is 7.17. The monoisotopic (exact) mass is 376 g/mol. The van der Waals surface area contributed by atoms with Crippen LogP contribution in [0.2, 0.25) is 0 Å². The highest BCUT2D eigenvalue weighted by Gasteiger charge is 2.31. The number of rotatable bonds is 5. The Morgan fingerprint density at radius 3 is 2.77 bits per heavy atom. The van der Waals surface area contributed by atoms with Crippen LogP contribution in [-0.2, 0) is 9.53 Å². The molecule has 0 aliphatic carbocycles. The first-order valence-corrected chi connectivity index (χ1v) is 9.15. The number of ether oxygens (including phenoxy) is 2. The fourth-order valence-corrected chi connectivity index (χ4v) is 3.75. The Kier molecular flexibility index (Phi) is 5.53. The summed E-state index contributed by atoms with van der Waals surface area (Å²) in [5.74, 6) is -0.473. The molecule has 1 saturated heterocycles. The number of aliphatic carboxylic acids is 1. The van der Waals surface area contributed by atoms with E-state index < -0.39 is 12.1 Å². The first-order valence-electron chi connectivity index (χ1n) is 8.34.